The number of nitrogens with zero attached hydrogens (tertiary/aromatic N) is 3. The van der Waals surface area contributed by atoms with Gasteiger partial charge in [-0.1, -0.05) is 37.3 Å². The summed E-state index contributed by atoms with van der Waals surface area (Å²) >= 11 is 0. The topological polar surface area (TPSA) is 62.2 Å². The lowest BCUT2D eigenvalue weighted by atomic mass is 10.1. The van der Waals surface area contributed by atoms with Crippen LogP contribution in [0, 0.1) is 5.92 Å². The predicted molar refractivity (Wildman–Crippen MR) is 98.1 cm³/mol. The summed E-state index contributed by atoms with van der Waals surface area (Å²) in [6.07, 6.45) is 2.56. The number of hydrogen-bond acceptors (Lipinski definition) is 3. The van der Waals surface area contributed by atoms with E-state index in [2.05, 4.69) is 51.8 Å². The van der Waals surface area contributed by atoms with Crippen molar-refractivity contribution in [1.29, 1.82) is 0 Å². The SMILES string of the molecule is C[C@@H]1CN(Cc2ccccc2)C[C@H]1NC(=O)NCCc1ccnn1C. The predicted octanol–water partition coefficient (Wildman–Crippen LogP) is 1.78. The highest BCUT2D eigenvalue weighted by molar-refractivity contribution is 5.74. The minimum Gasteiger partial charge on any atom is -0.338 e. The normalized spacial score (nSPS) is 20.6. The molecule has 2 atom stereocenters. The number of aryl methyl sites for hydroxylation is 1. The van der Waals surface area contributed by atoms with Gasteiger partial charge in [-0.2, -0.15) is 5.10 Å². The molecule has 0 spiro atoms. The fraction of sp³-hybridized carbons (Fsp3) is 0.474. The molecule has 3 rings (SSSR count). The van der Waals surface area contributed by atoms with Gasteiger partial charge >= 0.3 is 6.03 Å². The van der Waals surface area contributed by atoms with Crippen LogP contribution in [-0.2, 0) is 20.0 Å². The van der Waals surface area contributed by atoms with Gasteiger partial charge in [-0.25, -0.2) is 4.79 Å². The fourth-order valence-electron chi connectivity index (χ4n) is 3.40. The highest BCUT2D eigenvalue weighted by Crippen LogP contribution is 2.18. The van der Waals surface area contributed by atoms with Crippen molar-refractivity contribution in [3.63, 3.8) is 0 Å². The van der Waals surface area contributed by atoms with Crippen molar-refractivity contribution in [3.8, 4) is 0 Å². The Balaban J connectivity index is 1.41. The van der Waals surface area contributed by atoms with E-state index >= 15 is 0 Å². The molecule has 1 aliphatic rings. The third kappa shape index (κ3) is 4.82. The molecular formula is C19H27N5O. The van der Waals surface area contributed by atoms with Gasteiger partial charge in [0.1, 0.15) is 0 Å². The summed E-state index contributed by atoms with van der Waals surface area (Å²) in [6, 6.07) is 12.6. The van der Waals surface area contributed by atoms with Crippen LogP contribution in [-0.4, -0.2) is 46.4 Å². The minimum atomic E-state index is -0.0828. The first kappa shape index (κ1) is 17.5. The Bertz CT molecular complexity index is 684. The molecule has 0 radical (unpaired) electrons. The van der Waals surface area contributed by atoms with Crippen LogP contribution in [0.2, 0.25) is 0 Å². The van der Waals surface area contributed by atoms with E-state index < -0.39 is 0 Å². The Morgan fingerprint density at radius 1 is 1.24 bits per heavy atom. The smallest absolute Gasteiger partial charge is 0.315 e. The summed E-state index contributed by atoms with van der Waals surface area (Å²) in [4.78, 5) is 14.6. The van der Waals surface area contributed by atoms with Crippen molar-refractivity contribution in [3.05, 3.63) is 53.9 Å². The molecule has 0 aliphatic carbocycles. The third-order valence-corrected chi connectivity index (χ3v) is 4.84. The zero-order valence-corrected chi connectivity index (χ0v) is 15.0. The maximum Gasteiger partial charge on any atom is 0.315 e. The van der Waals surface area contributed by atoms with E-state index in [1.807, 2.05) is 23.9 Å². The van der Waals surface area contributed by atoms with Crippen molar-refractivity contribution in [2.24, 2.45) is 13.0 Å². The largest absolute Gasteiger partial charge is 0.338 e. The van der Waals surface area contributed by atoms with Crippen molar-refractivity contribution in [2.75, 3.05) is 19.6 Å². The van der Waals surface area contributed by atoms with Crippen molar-refractivity contribution in [2.45, 2.75) is 25.9 Å². The van der Waals surface area contributed by atoms with Gasteiger partial charge < -0.3 is 10.6 Å². The first-order chi connectivity index (χ1) is 12.1. The highest BCUT2D eigenvalue weighted by atomic mass is 16.2. The van der Waals surface area contributed by atoms with Crippen LogP contribution in [0.1, 0.15) is 18.2 Å². The number of carbonyl (C=O) groups is 1. The van der Waals surface area contributed by atoms with Crippen LogP contribution >= 0.6 is 0 Å². The molecule has 25 heavy (non-hydrogen) atoms. The maximum absolute atomic E-state index is 12.2. The average Bonchev–Trinajstić information content (AvgIpc) is 3.14. The fourth-order valence-corrected chi connectivity index (χ4v) is 3.40. The minimum absolute atomic E-state index is 0.0828. The summed E-state index contributed by atoms with van der Waals surface area (Å²) in [6.45, 7) is 5.65. The van der Waals surface area contributed by atoms with Crippen molar-refractivity contribution in [1.82, 2.24) is 25.3 Å². The average molecular weight is 341 g/mol. The van der Waals surface area contributed by atoms with Crippen molar-refractivity contribution >= 4 is 6.03 Å². The molecule has 6 nitrogen and oxygen atoms in total. The lowest BCUT2D eigenvalue weighted by molar-refractivity contribution is 0.234. The molecule has 1 aromatic heterocycles. The maximum atomic E-state index is 12.2. The van der Waals surface area contributed by atoms with Crippen LogP contribution < -0.4 is 10.6 Å². The van der Waals surface area contributed by atoms with Crippen LogP contribution in [0.25, 0.3) is 0 Å². The second-order valence-electron chi connectivity index (χ2n) is 6.86. The second-order valence-corrected chi connectivity index (χ2v) is 6.86. The molecule has 6 heteroatoms. The van der Waals surface area contributed by atoms with E-state index in [0.29, 0.717) is 12.5 Å². The highest BCUT2D eigenvalue weighted by Gasteiger charge is 2.30. The van der Waals surface area contributed by atoms with Gasteiger partial charge in [0.2, 0.25) is 0 Å². The first-order valence-corrected chi connectivity index (χ1v) is 8.89. The van der Waals surface area contributed by atoms with Gasteiger partial charge in [0.25, 0.3) is 0 Å². The van der Waals surface area contributed by atoms with E-state index in [1.54, 1.807) is 6.20 Å². The lowest BCUT2D eigenvalue weighted by Gasteiger charge is -2.18. The Labute approximate surface area is 149 Å². The molecule has 0 saturated carbocycles. The zero-order valence-electron chi connectivity index (χ0n) is 15.0. The Hall–Kier alpha value is -2.34. The number of urea groups is 1. The molecule has 2 N–H and O–H groups in total. The molecule has 2 aromatic rings. The van der Waals surface area contributed by atoms with Crippen LogP contribution in [0.15, 0.2) is 42.6 Å². The number of benzene rings is 1. The third-order valence-electron chi connectivity index (χ3n) is 4.84. The Morgan fingerprint density at radius 3 is 2.76 bits per heavy atom. The Morgan fingerprint density at radius 2 is 2.04 bits per heavy atom. The van der Waals surface area contributed by atoms with Gasteiger partial charge in [-0.3, -0.25) is 9.58 Å². The second kappa shape index (κ2) is 8.16. The Kier molecular flexibility index (Phi) is 5.71. The molecule has 2 amide bonds. The number of likely N-dealkylation sites (tertiary alicyclic amines) is 1. The van der Waals surface area contributed by atoms with Gasteiger partial charge in [0.15, 0.2) is 0 Å². The summed E-state index contributed by atoms with van der Waals surface area (Å²) in [7, 11) is 1.91. The lowest BCUT2D eigenvalue weighted by Crippen LogP contribution is -2.45. The van der Waals surface area contributed by atoms with Gasteiger partial charge in [-0.05, 0) is 17.5 Å². The molecule has 1 aliphatic heterocycles. The van der Waals surface area contributed by atoms with E-state index in [4.69, 9.17) is 0 Å². The van der Waals surface area contributed by atoms with Gasteiger partial charge in [0.05, 0.1) is 0 Å². The summed E-state index contributed by atoms with van der Waals surface area (Å²) in [5.74, 6) is 0.450. The number of hydrogen-bond donors (Lipinski definition) is 2. The van der Waals surface area contributed by atoms with E-state index in [0.717, 1.165) is 31.7 Å². The van der Waals surface area contributed by atoms with Crippen LogP contribution in [0.4, 0.5) is 4.79 Å². The van der Waals surface area contributed by atoms with E-state index in [1.165, 1.54) is 5.56 Å². The first-order valence-electron chi connectivity index (χ1n) is 8.89. The van der Waals surface area contributed by atoms with E-state index in [-0.39, 0.29) is 12.1 Å². The molecule has 1 saturated heterocycles. The summed E-state index contributed by atoms with van der Waals surface area (Å²) < 4.78 is 1.83. The number of nitrogens with one attached hydrogen (secondary N) is 2. The number of amides is 2. The molecule has 1 fully saturated rings. The van der Waals surface area contributed by atoms with Crippen molar-refractivity contribution < 1.29 is 4.79 Å². The van der Waals surface area contributed by atoms with Gasteiger partial charge in [-0.15, -0.1) is 0 Å². The molecule has 2 heterocycles. The number of aromatic nitrogens is 2. The number of carbonyl (C=O) groups excluding carboxylic acids is 1. The molecule has 1 aromatic carbocycles. The van der Waals surface area contributed by atoms with Crippen LogP contribution in [0.5, 0.6) is 0 Å². The molecule has 0 unspecified atom stereocenters. The van der Waals surface area contributed by atoms with Crippen LogP contribution in [0.3, 0.4) is 0 Å². The van der Waals surface area contributed by atoms with E-state index in [9.17, 15) is 4.79 Å². The summed E-state index contributed by atoms with van der Waals surface area (Å²) in [5, 5.41) is 10.2. The van der Waals surface area contributed by atoms with Gasteiger partial charge in [0, 0.05) is 57.6 Å². The monoisotopic (exact) mass is 341 g/mol. The zero-order chi connectivity index (χ0) is 17.6. The number of rotatable bonds is 6. The molecule has 134 valence electrons. The standard InChI is InChI=1S/C19H27N5O/c1-15-12-24(13-16-6-4-3-5-7-16)14-18(15)22-19(25)20-10-8-17-9-11-21-23(17)2/h3-7,9,11,15,18H,8,10,12-14H2,1-2H3,(H2,20,22,25)/t15-,18-/m1/s1. The summed E-state index contributed by atoms with van der Waals surface area (Å²) in [5.41, 5.74) is 2.43. The molecule has 0 bridgehead atoms. The quantitative estimate of drug-likeness (QED) is 0.842. The molecular weight excluding hydrogens is 314 g/mol.